The number of carbonyl (C=O) groups excluding carboxylic acids is 1. The van der Waals surface area contributed by atoms with Gasteiger partial charge >= 0.3 is 0 Å². The smallest absolute Gasteiger partial charge is 0.234 e. The molecule has 0 radical (unpaired) electrons. The number of amides is 1. The van der Waals surface area contributed by atoms with Crippen LogP contribution in [0.15, 0.2) is 42.5 Å². The van der Waals surface area contributed by atoms with Crippen LogP contribution in [-0.2, 0) is 11.3 Å². The van der Waals surface area contributed by atoms with Gasteiger partial charge in [-0.1, -0.05) is 24.3 Å². The monoisotopic (exact) mass is 372 g/mol. The number of likely N-dealkylation sites (tertiary alicyclic amines) is 1. The predicted molar refractivity (Wildman–Crippen MR) is 101 cm³/mol. The highest BCUT2D eigenvalue weighted by molar-refractivity contribution is 5.78. The molecule has 1 atom stereocenters. The molecule has 144 valence electrons. The minimum Gasteiger partial charge on any atom is -0.493 e. The van der Waals surface area contributed by atoms with Crippen molar-refractivity contribution in [3.8, 4) is 11.5 Å². The maximum atomic E-state index is 13.7. The highest BCUT2D eigenvalue weighted by Gasteiger charge is 2.28. The van der Waals surface area contributed by atoms with Crippen molar-refractivity contribution < 1.29 is 18.7 Å². The Kier molecular flexibility index (Phi) is 6.29. The van der Waals surface area contributed by atoms with E-state index in [0.29, 0.717) is 17.1 Å². The second kappa shape index (κ2) is 8.86. The number of nitrogens with zero attached hydrogens (tertiary/aromatic N) is 1. The Balaban J connectivity index is 1.62. The Morgan fingerprint density at radius 3 is 2.70 bits per heavy atom. The van der Waals surface area contributed by atoms with Crippen molar-refractivity contribution in [3.63, 3.8) is 0 Å². The van der Waals surface area contributed by atoms with E-state index in [1.54, 1.807) is 32.4 Å². The molecule has 1 N–H and O–H groups in total. The maximum absolute atomic E-state index is 13.7. The fourth-order valence-corrected chi connectivity index (χ4v) is 3.53. The molecule has 5 nitrogen and oxygen atoms in total. The first-order valence-electron chi connectivity index (χ1n) is 9.08. The molecule has 6 heteroatoms. The standard InChI is InChI=1S/C21H25FN2O3/c1-26-19-10-9-15(12-20(19)27-2)18-8-5-11-24(18)14-21(25)23-13-16-6-3-4-7-17(16)22/h3-4,6-7,9-10,12,18H,5,8,11,13-14H2,1-2H3,(H,23,25). The van der Waals surface area contributed by atoms with Gasteiger partial charge in [0.1, 0.15) is 5.82 Å². The maximum Gasteiger partial charge on any atom is 0.234 e. The van der Waals surface area contributed by atoms with Crippen LogP contribution in [0.3, 0.4) is 0 Å². The highest BCUT2D eigenvalue weighted by Crippen LogP contribution is 2.36. The molecule has 0 saturated carbocycles. The Bertz CT molecular complexity index is 797. The Labute approximate surface area is 159 Å². The van der Waals surface area contributed by atoms with Crippen LogP contribution in [0.25, 0.3) is 0 Å². The summed E-state index contributed by atoms with van der Waals surface area (Å²) in [5.41, 5.74) is 1.59. The average Bonchev–Trinajstić information content (AvgIpc) is 3.14. The normalized spacial score (nSPS) is 16.9. The molecule has 1 aliphatic heterocycles. The Morgan fingerprint density at radius 1 is 1.19 bits per heavy atom. The van der Waals surface area contributed by atoms with Crippen molar-refractivity contribution in [2.24, 2.45) is 0 Å². The van der Waals surface area contributed by atoms with Gasteiger partial charge in [-0.25, -0.2) is 4.39 Å². The minimum atomic E-state index is -0.304. The SMILES string of the molecule is COc1ccc(C2CCCN2CC(=O)NCc2ccccc2F)cc1OC. The third-order valence-electron chi connectivity index (χ3n) is 4.94. The van der Waals surface area contributed by atoms with Gasteiger partial charge in [0, 0.05) is 18.2 Å². The van der Waals surface area contributed by atoms with Crippen molar-refractivity contribution in [1.82, 2.24) is 10.2 Å². The summed E-state index contributed by atoms with van der Waals surface area (Å²) in [6, 6.07) is 12.5. The third-order valence-corrected chi connectivity index (χ3v) is 4.94. The van der Waals surface area contributed by atoms with Gasteiger partial charge in [0.2, 0.25) is 5.91 Å². The summed E-state index contributed by atoms with van der Waals surface area (Å²) in [6.07, 6.45) is 2.01. The van der Waals surface area contributed by atoms with Crippen molar-refractivity contribution in [3.05, 3.63) is 59.4 Å². The quantitative estimate of drug-likeness (QED) is 0.810. The van der Waals surface area contributed by atoms with Crippen molar-refractivity contribution in [2.45, 2.75) is 25.4 Å². The van der Waals surface area contributed by atoms with Crippen LogP contribution in [0, 0.1) is 5.82 Å². The lowest BCUT2D eigenvalue weighted by Crippen LogP contribution is -2.36. The molecular formula is C21H25FN2O3. The summed E-state index contributed by atoms with van der Waals surface area (Å²) in [7, 11) is 3.23. The molecule has 3 rings (SSSR count). The molecule has 2 aromatic carbocycles. The van der Waals surface area contributed by atoms with Crippen molar-refractivity contribution in [1.29, 1.82) is 0 Å². The lowest BCUT2D eigenvalue weighted by atomic mass is 10.0. The summed E-state index contributed by atoms with van der Waals surface area (Å²) in [4.78, 5) is 14.5. The molecule has 0 spiro atoms. The molecule has 1 unspecified atom stereocenters. The largest absolute Gasteiger partial charge is 0.493 e. The fourth-order valence-electron chi connectivity index (χ4n) is 3.53. The van der Waals surface area contributed by atoms with Crippen LogP contribution in [0.2, 0.25) is 0 Å². The van der Waals surface area contributed by atoms with E-state index < -0.39 is 0 Å². The van der Waals surface area contributed by atoms with Crippen LogP contribution in [-0.4, -0.2) is 38.1 Å². The summed E-state index contributed by atoms with van der Waals surface area (Å²) in [5, 5.41) is 2.81. The fraction of sp³-hybridized carbons (Fsp3) is 0.381. The number of rotatable bonds is 7. The number of carbonyl (C=O) groups is 1. The van der Waals surface area contributed by atoms with Crippen LogP contribution in [0.4, 0.5) is 4.39 Å². The summed E-state index contributed by atoms with van der Waals surface area (Å²) < 4.78 is 24.4. The molecule has 1 saturated heterocycles. The van der Waals surface area contributed by atoms with Crippen LogP contribution >= 0.6 is 0 Å². The summed E-state index contributed by atoms with van der Waals surface area (Å²) in [6.45, 7) is 1.33. The molecule has 0 bridgehead atoms. The van der Waals surface area contributed by atoms with Gasteiger partial charge in [0.25, 0.3) is 0 Å². The van der Waals surface area contributed by atoms with E-state index in [2.05, 4.69) is 10.2 Å². The predicted octanol–water partition coefficient (Wildman–Crippen LogP) is 3.30. The number of nitrogens with one attached hydrogen (secondary N) is 1. The van der Waals surface area contributed by atoms with Gasteiger partial charge in [-0.15, -0.1) is 0 Å². The second-order valence-corrected chi connectivity index (χ2v) is 6.61. The molecule has 1 heterocycles. The highest BCUT2D eigenvalue weighted by atomic mass is 19.1. The van der Waals surface area contributed by atoms with Gasteiger partial charge in [0.05, 0.1) is 20.8 Å². The van der Waals surface area contributed by atoms with Gasteiger partial charge in [-0.3, -0.25) is 9.69 Å². The van der Waals surface area contributed by atoms with Crippen LogP contribution < -0.4 is 14.8 Å². The van der Waals surface area contributed by atoms with E-state index in [1.807, 2.05) is 18.2 Å². The third kappa shape index (κ3) is 4.57. The first-order valence-corrected chi connectivity index (χ1v) is 9.08. The molecule has 27 heavy (non-hydrogen) atoms. The molecule has 2 aromatic rings. The van der Waals surface area contributed by atoms with Gasteiger partial charge < -0.3 is 14.8 Å². The van der Waals surface area contributed by atoms with Gasteiger partial charge in [-0.05, 0) is 43.1 Å². The van der Waals surface area contributed by atoms with E-state index in [1.165, 1.54) is 6.07 Å². The van der Waals surface area contributed by atoms with Crippen LogP contribution in [0.5, 0.6) is 11.5 Å². The van der Waals surface area contributed by atoms with Crippen molar-refractivity contribution in [2.75, 3.05) is 27.3 Å². The topological polar surface area (TPSA) is 50.8 Å². The summed E-state index contributed by atoms with van der Waals surface area (Å²) >= 11 is 0. The zero-order valence-corrected chi connectivity index (χ0v) is 15.7. The molecular weight excluding hydrogens is 347 g/mol. The minimum absolute atomic E-state index is 0.106. The summed E-state index contributed by atoms with van der Waals surface area (Å²) in [5.74, 6) is 0.965. The second-order valence-electron chi connectivity index (χ2n) is 6.61. The number of methoxy groups -OCH3 is 2. The molecule has 0 aromatic heterocycles. The van der Waals surface area contributed by atoms with Gasteiger partial charge in [0.15, 0.2) is 11.5 Å². The molecule has 1 amide bonds. The average molecular weight is 372 g/mol. The Hall–Kier alpha value is -2.60. The first-order chi connectivity index (χ1) is 13.1. The van der Waals surface area contributed by atoms with Gasteiger partial charge in [-0.2, -0.15) is 0 Å². The molecule has 0 aliphatic carbocycles. The first kappa shape index (κ1) is 19.2. The van der Waals surface area contributed by atoms with E-state index in [0.717, 1.165) is 24.9 Å². The number of hydrogen-bond donors (Lipinski definition) is 1. The zero-order chi connectivity index (χ0) is 19.2. The van der Waals surface area contributed by atoms with E-state index in [4.69, 9.17) is 9.47 Å². The van der Waals surface area contributed by atoms with E-state index in [9.17, 15) is 9.18 Å². The Morgan fingerprint density at radius 2 is 1.96 bits per heavy atom. The van der Waals surface area contributed by atoms with Crippen LogP contribution in [0.1, 0.15) is 30.0 Å². The number of benzene rings is 2. The zero-order valence-electron chi connectivity index (χ0n) is 15.7. The van der Waals surface area contributed by atoms with Crippen molar-refractivity contribution >= 4 is 5.91 Å². The molecule has 1 fully saturated rings. The number of hydrogen-bond acceptors (Lipinski definition) is 4. The lowest BCUT2D eigenvalue weighted by molar-refractivity contribution is -0.122. The van der Waals surface area contributed by atoms with E-state index >= 15 is 0 Å². The molecule has 1 aliphatic rings. The number of ether oxygens (including phenoxy) is 2. The lowest BCUT2D eigenvalue weighted by Gasteiger charge is -2.25. The van der Waals surface area contributed by atoms with E-state index in [-0.39, 0.29) is 30.9 Å². The number of halogens is 1.